The molecule has 5 rings (SSSR count). The van der Waals surface area contributed by atoms with Gasteiger partial charge in [0.05, 0.1) is 11.5 Å². The molecule has 0 aromatic rings. The lowest BCUT2D eigenvalue weighted by atomic mass is 9.49. The first-order chi connectivity index (χ1) is 10.1. The van der Waals surface area contributed by atoms with Crippen molar-refractivity contribution >= 4 is 5.91 Å². The summed E-state index contributed by atoms with van der Waals surface area (Å²) in [5, 5.41) is 12.8. The molecule has 0 aromatic heterocycles. The van der Waals surface area contributed by atoms with Gasteiger partial charge in [-0.15, -0.1) is 0 Å². The topological polar surface area (TPSA) is 52.9 Å². The summed E-state index contributed by atoms with van der Waals surface area (Å²) in [5.41, 5.74) is -0.672. The maximum Gasteiger partial charge on any atom is 0.227 e. The average molecular weight is 286 g/mol. The number of rotatable bonds is 2. The van der Waals surface area contributed by atoms with E-state index in [1.54, 1.807) is 0 Å². The quantitative estimate of drug-likeness (QED) is 0.844. The van der Waals surface area contributed by atoms with Crippen molar-refractivity contribution in [3.63, 3.8) is 0 Å². The van der Waals surface area contributed by atoms with Gasteiger partial charge in [-0.25, -0.2) is 0 Å². The van der Waals surface area contributed by atoms with Crippen LogP contribution in [0.15, 0.2) is 0 Å². The summed E-state index contributed by atoms with van der Waals surface area (Å²) in [7, 11) is 0. The third-order valence-corrected chi connectivity index (χ3v) is 6.79. The normalized spacial score (nSPS) is 43.3. The SMILES string of the molecule is N#CC1(NC(=O)C23CC4CC(CC(C4)C2)C3)CCCCC1. The standard InChI is InChI=1S/C18H26N2O/c19-12-18(4-2-1-3-5-18)20-16(21)17-9-13-6-14(10-17)8-15(7-13)11-17/h13-15H,1-11H2,(H,20,21). The molecule has 0 aromatic carbocycles. The molecule has 5 aliphatic rings. The highest BCUT2D eigenvalue weighted by molar-refractivity contribution is 5.84. The lowest BCUT2D eigenvalue weighted by Gasteiger charge is -2.56. The second-order valence-corrected chi connectivity index (χ2v) is 8.41. The summed E-state index contributed by atoms with van der Waals surface area (Å²) in [6, 6.07) is 2.45. The summed E-state index contributed by atoms with van der Waals surface area (Å²) in [5.74, 6) is 2.58. The van der Waals surface area contributed by atoms with Crippen molar-refractivity contribution in [2.24, 2.45) is 23.2 Å². The Morgan fingerprint density at radius 2 is 1.48 bits per heavy atom. The van der Waals surface area contributed by atoms with Gasteiger partial charge >= 0.3 is 0 Å². The predicted molar refractivity (Wildman–Crippen MR) is 80.2 cm³/mol. The maximum atomic E-state index is 13.1. The van der Waals surface area contributed by atoms with Crippen molar-refractivity contribution in [1.82, 2.24) is 5.32 Å². The molecule has 5 aliphatic carbocycles. The molecular weight excluding hydrogens is 260 g/mol. The minimum Gasteiger partial charge on any atom is -0.337 e. The second kappa shape index (κ2) is 4.73. The van der Waals surface area contributed by atoms with Gasteiger partial charge in [0, 0.05) is 0 Å². The lowest BCUT2D eigenvalue weighted by molar-refractivity contribution is -0.148. The molecule has 1 amide bonds. The molecule has 1 N–H and O–H groups in total. The zero-order chi connectivity index (χ0) is 14.5. The first-order valence-corrected chi connectivity index (χ1v) is 8.87. The van der Waals surface area contributed by atoms with Crippen LogP contribution >= 0.6 is 0 Å². The highest BCUT2D eigenvalue weighted by atomic mass is 16.2. The van der Waals surface area contributed by atoms with Crippen LogP contribution in [-0.2, 0) is 4.79 Å². The van der Waals surface area contributed by atoms with Crippen LogP contribution in [0, 0.1) is 34.5 Å². The van der Waals surface area contributed by atoms with Crippen LogP contribution in [-0.4, -0.2) is 11.4 Å². The Kier molecular flexibility index (Phi) is 3.07. The second-order valence-electron chi connectivity index (χ2n) is 8.41. The molecule has 5 saturated carbocycles. The highest BCUT2D eigenvalue weighted by Crippen LogP contribution is 2.60. The Hall–Kier alpha value is -1.04. The minimum absolute atomic E-state index is 0.115. The molecule has 0 spiro atoms. The molecule has 0 atom stereocenters. The van der Waals surface area contributed by atoms with Gasteiger partial charge in [-0.2, -0.15) is 5.26 Å². The highest BCUT2D eigenvalue weighted by Gasteiger charge is 2.55. The van der Waals surface area contributed by atoms with E-state index in [9.17, 15) is 10.1 Å². The first-order valence-electron chi connectivity index (χ1n) is 8.87. The summed E-state index contributed by atoms with van der Waals surface area (Å²) in [6.07, 6.45) is 12.4. The largest absolute Gasteiger partial charge is 0.337 e. The van der Waals surface area contributed by atoms with Crippen LogP contribution in [0.4, 0.5) is 0 Å². The maximum absolute atomic E-state index is 13.1. The molecule has 0 unspecified atom stereocenters. The predicted octanol–water partition coefficient (Wildman–Crippen LogP) is 3.55. The molecule has 5 fully saturated rings. The van der Waals surface area contributed by atoms with Crippen LogP contribution in [0.25, 0.3) is 0 Å². The monoisotopic (exact) mass is 286 g/mol. The number of nitrogens with one attached hydrogen (secondary N) is 1. The molecule has 21 heavy (non-hydrogen) atoms. The van der Waals surface area contributed by atoms with Gasteiger partial charge < -0.3 is 5.32 Å². The summed E-state index contributed by atoms with van der Waals surface area (Å²) in [6.45, 7) is 0. The van der Waals surface area contributed by atoms with Crippen molar-refractivity contribution in [3.8, 4) is 6.07 Å². The lowest BCUT2D eigenvalue weighted by Crippen LogP contribution is -2.58. The van der Waals surface area contributed by atoms with E-state index in [1.165, 1.54) is 25.7 Å². The van der Waals surface area contributed by atoms with Gasteiger partial charge in [0.25, 0.3) is 0 Å². The molecule has 114 valence electrons. The molecule has 3 nitrogen and oxygen atoms in total. The Labute approximate surface area is 127 Å². The van der Waals surface area contributed by atoms with E-state index < -0.39 is 5.54 Å². The summed E-state index contributed by atoms with van der Waals surface area (Å²) >= 11 is 0. The number of carbonyl (C=O) groups excluding carboxylic acids is 1. The first kappa shape index (κ1) is 13.6. The molecule has 4 bridgehead atoms. The summed E-state index contributed by atoms with van der Waals surface area (Å²) in [4.78, 5) is 13.1. The zero-order valence-corrected chi connectivity index (χ0v) is 12.9. The smallest absolute Gasteiger partial charge is 0.227 e. The van der Waals surface area contributed by atoms with Gasteiger partial charge in [-0.3, -0.25) is 4.79 Å². The number of nitrogens with zero attached hydrogens (tertiary/aromatic N) is 1. The zero-order valence-electron chi connectivity index (χ0n) is 12.9. The van der Waals surface area contributed by atoms with Crippen molar-refractivity contribution in [2.75, 3.05) is 0 Å². The van der Waals surface area contributed by atoms with Gasteiger partial charge in [-0.1, -0.05) is 19.3 Å². The fraction of sp³-hybridized carbons (Fsp3) is 0.889. The van der Waals surface area contributed by atoms with E-state index in [1.807, 2.05) is 0 Å². The Morgan fingerprint density at radius 3 is 1.95 bits per heavy atom. The van der Waals surface area contributed by atoms with Crippen molar-refractivity contribution in [1.29, 1.82) is 5.26 Å². The van der Waals surface area contributed by atoms with Gasteiger partial charge in [-0.05, 0) is 69.1 Å². The number of amides is 1. The molecule has 3 heteroatoms. The van der Waals surface area contributed by atoms with E-state index in [2.05, 4.69) is 11.4 Å². The van der Waals surface area contributed by atoms with Crippen molar-refractivity contribution in [3.05, 3.63) is 0 Å². The Bertz CT molecular complexity index is 449. The molecular formula is C18H26N2O. The molecule has 0 saturated heterocycles. The van der Waals surface area contributed by atoms with Gasteiger partial charge in [0.2, 0.25) is 5.91 Å². The number of carbonyl (C=O) groups is 1. The minimum atomic E-state index is -0.557. The number of nitriles is 1. The van der Waals surface area contributed by atoms with E-state index in [4.69, 9.17) is 0 Å². The Balaban J connectivity index is 1.53. The average Bonchev–Trinajstić information content (AvgIpc) is 2.47. The number of hydrogen-bond donors (Lipinski definition) is 1. The van der Waals surface area contributed by atoms with Gasteiger partial charge in [0.15, 0.2) is 0 Å². The van der Waals surface area contributed by atoms with Crippen LogP contribution in [0.3, 0.4) is 0 Å². The fourth-order valence-corrected chi connectivity index (χ4v) is 6.16. The fourth-order valence-electron chi connectivity index (χ4n) is 6.16. The van der Waals surface area contributed by atoms with Crippen molar-refractivity contribution < 1.29 is 4.79 Å². The van der Waals surface area contributed by atoms with E-state index in [0.717, 1.165) is 62.7 Å². The van der Waals surface area contributed by atoms with Crippen molar-refractivity contribution in [2.45, 2.75) is 76.2 Å². The van der Waals surface area contributed by atoms with E-state index >= 15 is 0 Å². The van der Waals surface area contributed by atoms with Crippen LogP contribution in [0.1, 0.15) is 70.6 Å². The third kappa shape index (κ3) is 2.18. The van der Waals surface area contributed by atoms with Gasteiger partial charge in [0.1, 0.15) is 5.54 Å². The number of hydrogen-bond acceptors (Lipinski definition) is 2. The van der Waals surface area contributed by atoms with Crippen LogP contribution in [0.2, 0.25) is 0 Å². The Morgan fingerprint density at radius 1 is 0.952 bits per heavy atom. The van der Waals surface area contributed by atoms with Crippen LogP contribution < -0.4 is 5.32 Å². The third-order valence-electron chi connectivity index (χ3n) is 6.79. The molecule has 0 aliphatic heterocycles. The van der Waals surface area contributed by atoms with Crippen LogP contribution in [0.5, 0.6) is 0 Å². The van der Waals surface area contributed by atoms with E-state index in [-0.39, 0.29) is 11.3 Å². The summed E-state index contributed by atoms with van der Waals surface area (Å²) < 4.78 is 0. The molecule has 0 radical (unpaired) electrons. The van der Waals surface area contributed by atoms with E-state index in [0.29, 0.717) is 0 Å². The molecule has 0 heterocycles.